The second-order valence-electron chi connectivity index (χ2n) is 7.50. The Morgan fingerprint density at radius 3 is 2.15 bits per heavy atom. The number of hydrogen-bond acceptors (Lipinski definition) is 4. The SMILES string of the molecule is CC(C)Oc1cccc(C(OC(=O)C(C)(C)C)C(=O)c2ccccc2)c1. The summed E-state index contributed by atoms with van der Waals surface area (Å²) >= 11 is 0. The van der Waals surface area contributed by atoms with Crippen molar-refractivity contribution in [2.24, 2.45) is 5.41 Å². The molecule has 0 aliphatic rings. The molecule has 0 spiro atoms. The molecule has 0 N–H and O–H groups in total. The molecule has 4 nitrogen and oxygen atoms in total. The molecule has 0 saturated carbocycles. The molecule has 0 saturated heterocycles. The third-order valence-electron chi connectivity index (χ3n) is 3.67. The largest absolute Gasteiger partial charge is 0.491 e. The molecule has 2 rings (SSSR count). The van der Waals surface area contributed by atoms with Crippen molar-refractivity contribution in [3.63, 3.8) is 0 Å². The normalized spacial score (nSPS) is 12.5. The van der Waals surface area contributed by atoms with E-state index >= 15 is 0 Å². The Morgan fingerprint density at radius 2 is 1.58 bits per heavy atom. The van der Waals surface area contributed by atoms with Crippen molar-refractivity contribution in [2.45, 2.75) is 46.8 Å². The molecular weight excluding hydrogens is 328 g/mol. The van der Waals surface area contributed by atoms with Gasteiger partial charge in [0.05, 0.1) is 11.5 Å². The lowest BCUT2D eigenvalue weighted by atomic mass is 9.95. The van der Waals surface area contributed by atoms with Crippen molar-refractivity contribution in [3.05, 3.63) is 65.7 Å². The van der Waals surface area contributed by atoms with E-state index < -0.39 is 17.5 Å². The first-order valence-electron chi connectivity index (χ1n) is 8.75. The van der Waals surface area contributed by atoms with E-state index in [1.165, 1.54) is 0 Å². The number of carbonyl (C=O) groups excluding carboxylic acids is 2. The summed E-state index contributed by atoms with van der Waals surface area (Å²) in [4.78, 5) is 25.5. The molecule has 0 amide bonds. The fraction of sp³-hybridized carbons (Fsp3) is 0.364. The molecule has 0 aromatic heterocycles. The standard InChI is InChI=1S/C22H26O4/c1-15(2)25-18-13-9-12-17(14-18)20(26-21(24)22(3,4)5)19(23)16-10-7-6-8-11-16/h6-15,20H,1-5H3. The maximum Gasteiger partial charge on any atom is 0.312 e. The van der Waals surface area contributed by atoms with Crippen LogP contribution in [0.15, 0.2) is 54.6 Å². The predicted octanol–water partition coefficient (Wildman–Crippen LogP) is 4.99. The van der Waals surface area contributed by atoms with Crippen molar-refractivity contribution in [1.82, 2.24) is 0 Å². The van der Waals surface area contributed by atoms with Crippen molar-refractivity contribution < 1.29 is 19.1 Å². The van der Waals surface area contributed by atoms with E-state index in [-0.39, 0.29) is 11.9 Å². The number of ether oxygens (including phenoxy) is 2. The minimum absolute atomic E-state index is 0.00523. The first kappa shape index (κ1) is 19.7. The summed E-state index contributed by atoms with van der Waals surface area (Å²) in [5.41, 5.74) is 0.380. The van der Waals surface area contributed by atoms with E-state index in [9.17, 15) is 9.59 Å². The van der Waals surface area contributed by atoms with Crippen molar-refractivity contribution >= 4 is 11.8 Å². The zero-order valence-corrected chi connectivity index (χ0v) is 16.0. The first-order valence-corrected chi connectivity index (χ1v) is 8.75. The molecule has 0 aliphatic carbocycles. The molecule has 26 heavy (non-hydrogen) atoms. The van der Waals surface area contributed by atoms with E-state index in [1.807, 2.05) is 26.0 Å². The van der Waals surface area contributed by atoms with Crippen LogP contribution in [0.1, 0.15) is 56.6 Å². The maximum absolute atomic E-state index is 13.0. The highest BCUT2D eigenvalue weighted by Gasteiger charge is 2.31. The Balaban J connectivity index is 2.40. The lowest BCUT2D eigenvalue weighted by Gasteiger charge is -2.23. The fourth-order valence-electron chi connectivity index (χ4n) is 2.33. The minimum atomic E-state index is -1.01. The Bertz CT molecular complexity index is 757. The molecule has 0 radical (unpaired) electrons. The van der Waals surface area contributed by atoms with Gasteiger partial charge in [0.15, 0.2) is 6.10 Å². The van der Waals surface area contributed by atoms with E-state index in [2.05, 4.69) is 0 Å². The van der Waals surface area contributed by atoms with Crippen molar-refractivity contribution in [2.75, 3.05) is 0 Å². The number of benzene rings is 2. The Labute approximate surface area is 155 Å². The lowest BCUT2D eigenvalue weighted by molar-refractivity contribution is -0.156. The lowest BCUT2D eigenvalue weighted by Crippen LogP contribution is -2.28. The van der Waals surface area contributed by atoms with E-state index in [0.717, 1.165) is 0 Å². The summed E-state index contributed by atoms with van der Waals surface area (Å²) in [7, 11) is 0. The number of carbonyl (C=O) groups is 2. The van der Waals surface area contributed by atoms with Crippen LogP contribution in [-0.4, -0.2) is 17.9 Å². The van der Waals surface area contributed by atoms with Crippen LogP contribution in [0.25, 0.3) is 0 Å². The van der Waals surface area contributed by atoms with Gasteiger partial charge in [-0.15, -0.1) is 0 Å². The molecule has 1 unspecified atom stereocenters. The van der Waals surface area contributed by atoms with Gasteiger partial charge >= 0.3 is 5.97 Å². The number of hydrogen-bond donors (Lipinski definition) is 0. The van der Waals surface area contributed by atoms with Crippen LogP contribution in [-0.2, 0) is 9.53 Å². The average molecular weight is 354 g/mol. The summed E-state index contributed by atoms with van der Waals surface area (Å²) in [5, 5.41) is 0. The smallest absolute Gasteiger partial charge is 0.312 e. The van der Waals surface area contributed by atoms with Gasteiger partial charge in [0, 0.05) is 11.1 Å². The Hall–Kier alpha value is -2.62. The molecule has 0 bridgehead atoms. The van der Waals surface area contributed by atoms with Crippen LogP contribution in [0.2, 0.25) is 0 Å². The quantitative estimate of drug-likeness (QED) is 0.542. The Kier molecular flexibility index (Phi) is 6.19. The summed E-state index contributed by atoms with van der Waals surface area (Å²) in [6, 6.07) is 16.0. The van der Waals surface area contributed by atoms with Gasteiger partial charge in [-0.3, -0.25) is 9.59 Å². The van der Waals surface area contributed by atoms with Gasteiger partial charge < -0.3 is 9.47 Å². The molecular formula is C22H26O4. The fourth-order valence-corrected chi connectivity index (χ4v) is 2.33. The third kappa shape index (κ3) is 5.19. The van der Waals surface area contributed by atoms with Crippen molar-refractivity contribution in [3.8, 4) is 5.75 Å². The maximum atomic E-state index is 13.0. The summed E-state index contributed by atoms with van der Waals surface area (Å²) in [6.45, 7) is 9.14. The zero-order chi connectivity index (χ0) is 19.3. The van der Waals surface area contributed by atoms with Crippen LogP contribution in [0, 0.1) is 5.41 Å². The summed E-state index contributed by atoms with van der Waals surface area (Å²) in [5.74, 6) is -0.0537. The van der Waals surface area contributed by atoms with E-state index in [4.69, 9.17) is 9.47 Å². The molecule has 0 fully saturated rings. The first-order chi connectivity index (χ1) is 12.2. The average Bonchev–Trinajstić information content (AvgIpc) is 2.58. The molecule has 0 aliphatic heterocycles. The molecule has 138 valence electrons. The number of esters is 1. The molecule has 1 atom stereocenters. The van der Waals surface area contributed by atoms with Gasteiger partial charge in [-0.05, 0) is 46.8 Å². The third-order valence-corrected chi connectivity index (χ3v) is 3.67. The van der Waals surface area contributed by atoms with Crippen LogP contribution in [0.5, 0.6) is 5.75 Å². The molecule has 4 heteroatoms. The monoisotopic (exact) mass is 354 g/mol. The van der Waals surface area contributed by atoms with Gasteiger partial charge in [-0.1, -0.05) is 42.5 Å². The van der Waals surface area contributed by atoms with Gasteiger partial charge in [-0.2, -0.15) is 0 Å². The van der Waals surface area contributed by atoms with E-state index in [1.54, 1.807) is 63.2 Å². The second kappa shape index (κ2) is 8.17. The highest BCUT2D eigenvalue weighted by Crippen LogP contribution is 2.29. The second-order valence-corrected chi connectivity index (χ2v) is 7.50. The summed E-state index contributed by atoms with van der Waals surface area (Å²) < 4.78 is 11.3. The van der Waals surface area contributed by atoms with Gasteiger partial charge in [0.1, 0.15) is 5.75 Å². The van der Waals surface area contributed by atoms with Crippen molar-refractivity contribution in [1.29, 1.82) is 0 Å². The van der Waals surface area contributed by atoms with Crippen LogP contribution >= 0.6 is 0 Å². The predicted molar refractivity (Wildman–Crippen MR) is 101 cm³/mol. The number of Topliss-reactive ketones (excluding diaryl/α,β-unsaturated/α-hetero) is 1. The van der Waals surface area contributed by atoms with Crippen LogP contribution < -0.4 is 4.74 Å². The molecule has 0 heterocycles. The molecule has 2 aromatic rings. The van der Waals surface area contributed by atoms with Crippen LogP contribution in [0.3, 0.4) is 0 Å². The highest BCUT2D eigenvalue weighted by molar-refractivity contribution is 6.01. The zero-order valence-electron chi connectivity index (χ0n) is 16.0. The van der Waals surface area contributed by atoms with Gasteiger partial charge in [0.25, 0.3) is 0 Å². The number of rotatable bonds is 6. The highest BCUT2D eigenvalue weighted by atomic mass is 16.5. The minimum Gasteiger partial charge on any atom is -0.491 e. The van der Waals surface area contributed by atoms with Gasteiger partial charge in [0.2, 0.25) is 5.78 Å². The topological polar surface area (TPSA) is 52.6 Å². The van der Waals surface area contributed by atoms with Gasteiger partial charge in [-0.25, -0.2) is 0 Å². The van der Waals surface area contributed by atoms with Crippen LogP contribution in [0.4, 0.5) is 0 Å². The number of ketones is 1. The van der Waals surface area contributed by atoms with E-state index in [0.29, 0.717) is 16.9 Å². The molecule has 2 aromatic carbocycles. The summed E-state index contributed by atoms with van der Waals surface area (Å²) in [6.07, 6.45) is -1.01. The Morgan fingerprint density at radius 1 is 0.923 bits per heavy atom.